The molecule has 0 radical (unpaired) electrons. The summed E-state index contributed by atoms with van der Waals surface area (Å²) in [4.78, 5) is 37.2. The van der Waals surface area contributed by atoms with Crippen molar-refractivity contribution in [2.45, 2.75) is 32.2 Å². The Morgan fingerprint density at radius 1 is 1.25 bits per heavy atom. The van der Waals surface area contributed by atoms with Gasteiger partial charge in [0.05, 0.1) is 9.80 Å². The Balaban J connectivity index is 1.52. The van der Waals surface area contributed by atoms with Crippen molar-refractivity contribution in [2.24, 2.45) is 0 Å². The molecule has 1 fully saturated rings. The molecule has 2 N–H and O–H groups in total. The summed E-state index contributed by atoms with van der Waals surface area (Å²) in [5.41, 5.74) is 1.82. The molecule has 1 atom stereocenters. The number of carbonyl (C=O) groups is 2. The van der Waals surface area contributed by atoms with Gasteiger partial charge in [-0.05, 0) is 44.0 Å². The van der Waals surface area contributed by atoms with Crippen LogP contribution in [0, 0.1) is 10.1 Å². The summed E-state index contributed by atoms with van der Waals surface area (Å²) in [7, 11) is 0. The van der Waals surface area contributed by atoms with E-state index in [2.05, 4.69) is 15.5 Å². The average Bonchev–Trinajstić information content (AvgIpc) is 3.34. The molecule has 0 bridgehead atoms. The van der Waals surface area contributed by atoms with Gasteiger partial charge in [0.25, 0.3) is 5.91 Å². The molecule has 148 valence electrons. The number of thiophene rings is 1. The van der Waals surface area contributed by atoms with Gasteiger partial charge >= 0.3 is 5.00 Å². The van der Waals surface area contributed by atoms with Crippen LogP contribution >= 0.6 is 11.3 Å². The fourth-order valence-corrected chi connectivity index (χ4v) is 3.86. The van der Waals surface area contributed by atoms with E-state index in [0.717, 1.165) is 35.8 Å². The van der Waals surface area contributed by atoms with Crippen molar-refractivity contribution >= 4 is 39.5 Å². The van der Waals surface area contributed by atoms with Gasteiger partial charge in [-0.15, -0.1) is 0 Å². The molecule has 9 heteroatoms. The molecular weight excluding hydrogens is 380 g/mol. The lowest BCUT2D eigenvalue weighted by molar-refractivity contribution is -0.380. The van der Waals surface area contributed by atoms with Crippen molar-refractivity contribution in [3.8, 4) is 0 Å². The number of nitrogens with one attached hydrogen (secondary N) is 2. The molecule has 1 aromatic carbocycles. The third-order valence-corrected chi connectivity index (χ3v) is 5.50. The molecule has 28 heavy (non-hydrogen) atoms. The monoisotopic (exact) mass is 402 g/mol. The zero-order chi connectivity index (χ0) is 20.1. The predicted molar refractivity (Wildman–Crippen MR) is 109 cm³/mol. The maximum absolute atomic E-state index is 12.3. The highest BCUT2D eigenvalue weighted by atomic mass is 32.1. The SMILES string of the molecule is CC(CC(=O)Nc1cccc(N2CCCC2)c1)NC(=O)c1ccc([N+](=O)[O-])s1. The van der Waals surface area contributed by atoms with Crippen molar-refractivity contribution in [1.29, 1.82) is 0 Å². The van der Waals surface area contributed by atoms with Crippen molar-refractivity contribution in [2.75, 3.05) is 23.3 Å². The Bertz CT molecular complexity index is 876. The zero-order valence-corrected chi connectivity index (χ0v) is 16.3. The lowest BCUT2D eigenvalue weighted by Crippen LogP contribution is -2.35. The zero-order valence-electron chi connectivity index (χ0n) is 15.5. The first kappa shape index (κ1) is 19.8. The Labute approximate surface area is 166 Å². The van der Waals surface area contributed by atoms with E-state index in [1.165, 1.54) is 25.0 Å². The molecule has 0 spiro atoms. The smallest absolute Gasteiger partial charge is 0.324 e. The van der Waals surface area contributed by atoms with E-state index < -0.39 is 16.9 Å². The number of nitrogens with zero attached hydrogens (tertiary/aromatic N) is 2. The number of hydrogen-bond acceptors (Lipinski definition) is 6. The minimum Gasteiger partial charge on any atom is -0.371 e. The molecule has 2 amide bonds. The molecule has 0 saturated carbocycles. The number of anilines is 2. The molecule has 1 saturated heterocycles. The fraction of sp³-hybridized carbons (Fsp3) is 0.368. The van der Waals surface area contributed by atoms with Gasteiger partial charge in [-0.25, -0.2) is 0 Å². The highest BCUT2D eigenvalue weighted by molar-refractivity contribution is 7.17. The Kier molecular flexibility index (Phi) is 6.25. The van der Waals surface area contributed by atoms with E-state index >= 15 is 0 Å². The Morgan fingerprint density at radius 3 is 2.68 bits per heavy atom. The maximum Gasteiger partial charge on any atom is 0.324 e. The van der Waals surface area contributed by atoms with Crippen LogP contribution in [0.15, 0.2) is 36.4 Å². The third-order valence-electron chi connectivity index (χ3n) is 4.47. The van der Waals surface area contributed by atoms with Gasteiger partial charge in [0.1, 0.15) is 0 Å². The van der Waals surface area contributed by atoms with E-state index in [0.29, 0.717) is 0 Å². The molecule has 0 aliphatic carbocycles. The molecule has 2 heterocycles. The van der Waals surface area contributed by atoms with Gasteiger partial charge in [-0.3, -0.25) is 19.7 Å². The first-order valence-corrected chi connectivity index (χ1v) is 9.94. The van der Waals surface area contributed by atoms with E-state index in [-0.39, 0.29) is 22.2 Å². The summed E-state index contributed by atoms with van der Waals surface area (Å²) in [6.45, 7) is 3.78. The third kappa shape index (κ3) is 5.07. The van der Waals surface area contributed by atoms with Gasteiger partial charge in [0, 0.05) is 43.0 Å². The second-order valence-corrected chi connectivity index (χ2v) is 7.83. The first-order valence-electron chi connectivity index (χ1n) is 9.12. The van der Waals surface area contributed by atoms with Gasteiger partial charge in [-0.1, -0.05) is 17.4 Å². The topological polar surface area (TPSA) is 105 Å². The molecule has 1 aliphatic rings. The van der Waals surface area contributed by atoms with Crippen LogP contribution in [0.4, 0.5) is 16.4 Å². The summed E-state index contributed by atoms with van der Waals surface area (Å²) in [6.07, 6.45) is 2.47. The van der Waals surface area contributed by atoms with E-state index in [4.69, 9.17) is 0 Å². The molecular formula is C19H22N4O4S. The largest absolute Gasteiger partial charge is 0.371 e. The number of benzene rings is 1. The number of hydrogen-bond donors (Lipinski definition) is 2. The Hall–Kier alpha value is -2.94. The molecule has 1 aliphatic heterocycles. The molecule has 1 unspecified atom stereocenters. The maximum atomic E-state index is 12.3. The summed E-state index contributed by atoms with van der Waals surface area (Å²) in [5.74, 6) is -0.627. The van der Waals surface area contributed by atoms with Gasteiger partial charge in [0.2, 0.25) is 5.91 Å². The van der Waals surface area contributed by atoms with Crippen LogP contribution in [-0.2, 0) is 4.79 Å². The standard InChI is InChI=1S/C19H22N4O4S/c1-13(20-19(25)16-7-8-18(28-16)23(26)27)11-17(24)21-14-5-4-6-15(12-14)22-9-2-3-10-22/h4-8,12-13H,2-3,9-11H2,1H3,(H,20,25)(H,21,24). The molecule has 1 aromatic heterocycles. The number of carbonyl (C=O) groups excluding carboxylic acids is 2. The highest BCUT2D eigenvalue weighted by Crippen LogP contribution is 2.24. The quantitative estimate of drug-likeness (QED) is 0.545. The van der Waals surface area contributed by atoms with Crippen LogP contribution < -0.4 is 15.5 Å². The van der Waals surface area contributed by atoms with Crippen LogP contribution in [0.5, 0.6) is 0 Å². The summed E-state index contributed by atoms with van der Waals surface area (Å²) < 4.78 is 0. The van der Waals surface area contributed by atoms with Crippen molar-refractivity contribution in [3.63, 3.8) is 0 Å². The highest BCUT2D eigenvalue weighted by Gasteiger charge is 2.18. The molecule has 2 aromatic rings. The summed E-state index contributed by atoms with van der Waals surface area (Å²) in [5, 5.41) is 16.2. The second-order valence-electron chi connectivity index (χ2n) is 6.77. The lowest BCUT2D eigenvalue weighted by atomic mass is 10.2. The number of rotatable bonds is 7. The fourth-order valence-electron chi connectivity index (χ4n) is 3.14. The number of nitro groups is 1. The van der Waals surface area contributed by atoms with Crippen LogP contribution in [0.2, 0.25) is 0 Å². The van der Waals surface area contributed by atoms with Crippen LogP contribution in [-0.4, -0.2) is 35.9 Å². The molecule has 3 rings (SSSR count). The summed E-state index contributed by atoms with van der Waals surface area (Å²) >= 11 is 0.810. The minimum absolute atomic E-state index is 0.0894. The second kappa shape index (κ2) is 8.83. The van der Waals surface area contributed by atoms with Crippen LogP contribution in [0.25, 0.3) is 0 Å². The van der Waals surface area contributed by atoms with Crippen molar-refractivity contribution < 1.29 is 14.5 Å². The minimum atomic E-state index is -0.533. The Morgan fingerprint density at radius 2 is 2.00 bits per heavy atom. The lowest BCUT2D eigenvalue weighted by Gasteiger charge is -2.19. The normalized spacial score (nSPS) is 14.5. The van der Waals surface area contributed by atoms with E-state index in [1.54, 1.807) is 6.92 Å². The van der Waals surface area contributed by atoms with Crippen molar-refractivity contribution in [1.82, 2.24) is 5.32 Å². The summed E-state index contributed by atoms with van der Waals surface area (Å²) in [6, 6.07) is 10.0. The van der Waals surface area contributed by atoms with Crippen molar-refractivity contribution in [3.05, 3.63) is 51.4 Å². The number of amides is 2. The first-order chi connectivity index (χ1) is 13.4. The van der Waals surface area contributed by atoms with Crippen LogP contribution in [0.3, 0.4) is 0 Å². The predicted octanol–water partition coefficient (Wildman–Crippen LogP) is 3.40. The van der Waals surface area contributed by atoms with E-state index in [9.17, 15) is 19.7 Å². The van der Waals surface area contributed by atoms with Crippen LogP contribution in [0.1, 0.15) is 35.9 Å². The van der Waals surface area contributed by atoms with Gasteiger partial charge in [-0.2, -0.15) is 0 Å². The van der Waals surface area contributed by atoms with E-state index in [1.807, 2.05) is 24.3 Å². The molecule has 8 nitrogen and oxygen atoms in total. The van der Waals surface area contributed by atoms with Gasteiger partial charge < -0.3 is 15.5 Å². The van der Waals surface area contributed by atoms with Gasteiger partial charge in [0.15, 0.2) is 0 Å². The average molecular weight is 402 g/mol.